The molecular weight excluding hydrogens is 202 g/mol. The summed E-state index contributed by atoms with van der Waals surface area (Å²) >= 11 is 0. The number of hydrogen-bond acceptors (Lipinski definition) is 4. The van der Waals surface area contributed by atoms with E-state index in [1.54, 1.807) is 7.11 Å². The molecule has 3 rings (SSSR count). The third-order valence-corrected chi connectivity index (χ3v) is 2.91. The molecule has 1 aromatic carbocycles. The van der Waals surface area contributed by atoms with E-state index in [1.165, 1.54) is 12.8 Å². The number of nitrogens with zero attached hydrogens (tertiary/aromatic N) is 2. The predicted octanol–water partition coefficient (Wildman–Crippen LogP) is 2.10. The van der Waals surface area contributed by atoms with E-state index in [0.29, 0.717) is 11.9 Å². The SMILES string of the molecule is COc1ccc2c(C3CC3)nc(N)nc2c1. The second-order valence-corrected chi connectivity index (χ2v) is 4.12. The van der Waals surface area contributed by atoms with Crippen molar-refractivity contribution in [3.8, 4) is 5.75 Å². The number of nitrogens with two attached hydrogens (primary N) is 1. The average Bonchev–Trinajstić information content (AvgIpc) is 3.10. The number of methoxy groups -OCH3 is 1. The summed E-state index contributed by atoms with van der Waals surface area (Å²) in [5.74, 6) is 1.72. The number of nitrogen functional groups attached to an aromatic ring is 1. The van der Waals surface area contributed by atoms with Crippen LogP contribution in [0.5, 0.6) is 5.75 Å². The van der Waals surface area contributed by atoms with E-state index in [2.05, 4.69) is 9.97 Å². The van der Waals surface area contributed by atoms with E-state index < -0.39 is 0 Å². The third kappa shape index (κ3) is 1.46. The molecule has 1 aliphatic rings. The molecule has 0 unspecified atom stereocenters. The molecule has 1 heterocycles. The molecule has 0 spiro atoms. The molecule has 82 valence electrons. The Hall–Kier alpha value is -1.84. The first-order valence-electron chi connectivity index (χ1n) is 5.39. The Morgan fingerprint density at radius 3 is 2.81 bits per heavy atom. The summed E-state index contributed by atoms with van der Waals surface area (Å²) in [4.78, 5) is 8.59. The molecule has 0 radical (unpaired) electrons. The van der Waals surface area contributed by atoms with Crippen LogP contribution in [0, 0.1) is 0 Å². The highest BCUT2D eigenvalue weighted by atomic mass is 16.5. The Morgan fingerprint density at radius 1 is 1.31 bits per heavy atom. The Bertz CT molecular complexity index is 549. The normalized spacial score (nSPS) is 15.3. The molecule has 0 saturated heterocycles. The lowest BCUT2D eigenvalue weighted by molar-refractivity contribution is 0.415. The molecular formula is C12H13N3O. The van der Waals surface area contributed by atoms with Crippen LogP contribution in [-0.4, -0.2) is 17.1 Å². The van der Waals surface area contributed by atoms with Gasteiger partial charge in [0, 0.05) is 17.4 Å². The zero-order valence-electron chi connectivity index (χ0n) is 9.10. The Morgan fingerprint density at radius 2 is 2.12 bits per heavy atom. The summed E-state index contributed by atoms with van der Waals surface area (Å²) in [6.07, 6.45) is 2.41. The molecule has 0 aliphatic heterocycles. The number of aromatic nitrogens is 2. The van der Waals surface area contributed by atoms with Crippen molar-refractivity contribution in [2.24, 2.45) is 0 Å². The predicted molar refractivity (Wildman–Crippen MR) is 62.5 cm³/mol. The number of anilines is 1. The fraction of sp³-hybridized carbons (Fsp3) is 0.333. The minimum absolute atomic E-state index is 0.350. The summed E-state index contributed by atoms with van der Waals surface area (Å²) in [5, 5.41) is 1.09. The molecule has 1 aromatic heterocycles. The van der Waals surface area contributed by atoms with Gasteiger partial charge in [-0.2, -0.15) is 0 Å². The van der Waals surface area contributed by atoms with Crippen LogP contribution in [0.4, 0.5) is 5.95 Å². The lowest BCUT2D eigenvalue weighted by Crippen LogP contribution is -2.00. The zero-order valence-corrected chi connectivity index (χ0v) is 9.10. The summed E-state index contributed by atoms with van der Waals surface area (Å²) in [5.41, 5.74) is 7.68. The van der Waals surface area contributed by atoms with Crippen molar-refractivity contribution >= 4 is 16.9 Å². The monoisotopic (exact) mass is 215 g/mol. The Kier molecular flexibility index (Phi) is 1.96. The van der Waals surface area contributed by atoms with Crippen LogP contribution < -0.4 is 10.5 Å². The maximum Gasteiger partial charge on any atom is 0.220 e. The van der Waals surface area contributed by atoms with Crippen LogP contribution in [-0.2, 0) is 0 Å². The number of hydrogen-bond donors (Lipinski definition) is 1. The van der Waals surface area contributed by atoms with Crippen molar-refractivity contribution < 1.29 is 4.74 Å². The van der Waals surface area contributed by atoms with Gasteiger partial charge in [0.15, 0.2) is 0 Å². The summed E-state index contributed by atoms with van der Waals surface area (Å²) in [6, 6.07) is 5.86. The van der Waals surface area contributed by atoms with E-state index in [0.717, 1.165) is 22.3 Å². The topological polar surface area (TPSA) is 61.0 Å². The van der Waals surface area contributed by atoms with Gasteiger partial charge in [-0.3, -0.25) is 0 Å². The van der Waals surface area contributed by atoms with Gasteiger partial charge in [-0.1, -0.05) is 0 Å². The van der Waals surface area contributed by atoms with E-state index in [4.69, 9.17) is 10.5 Å². The summed E-state index contributed by atoms with van der Waals surface area (Å²) < 4.78 is 5.18. The van der Waals surface area contributed by atoms with Crippen molar-refractivity contribution in [2.75, 3.05) is 12.8 Å². The molecule has 0 amide bonds. The van der Waals surface area contributed by atoms with Gasteiger partial charge >= 0.3 is 0 Å². The molecule has 2 N–H and O–H groups in total. The van der Waals surface area contributed by atoms with Crippen molar-refractivity contribution in [2.45, 2.75) is 18.8 Å². The van der Waals surface area contributed by atoms with Crippen molar-refractivity contribution in [3.63, 3.8) is 0 Å². The van der Waals surface area contributed by atoms with Gasteiger partial charge in [-0.05, 0) is 25.0 Å². The molecule has 0 bridgehead atoms. The van der Waals surface area contributed by atoms with Crippen LogP contribution in [0.3, 0.4) is 0 Å². The third-order valence-electron chi connectivity index (χ3n) is 2.91. The second kappa shape index (κ2) is 3.33. The minimum Gasteiger partial charge on any atom is -0.497 e. The highest BCUT2D eigenvalue weighted by Crippen LogP contribution is 2.42. The van der Waals surface area contributed by atoms with Gasteiger partial charge < -0.3 is 10.5 Å². The van der Waals surface area contributed by atoms with Crippen LogP contribution in [0.2, 0.25) is 0 Å². The maximum absolute atomic E-state index is 5.72. The molecule has 2 aromatic rings. The molecule has 16 heavy (non-hydrogen) atoms. The Balaban J connectivity index is 2.25. The van der Waals surface area contributed by atoms with Crippen molar-refractivity contribution in [1.82, 2.24) is 9.97 Å². The molecule has 4 nitrogen and oxygen atoms in total. The fourth-order valence-electron chi connectivity index (χ4n) is 1.95. The van der Waals surface area contributed by atoms with Gasteiger partial charge in [0.1, 0.15) is 5.75 Å². The Labute approximate surface area is 93.5 Å². The zero-order chi connectivity index (χ0) is 11.1. The van der Waals surface area contributed by atoms with Crippen LogP contribution in [0.25, 0.3) is 10.9 Å². The first-order chi connectivity index (χ1) is 7.78. The van der Waals surface area contributed by atoms with Crippen molar-refractivity contribution in [3.05, 3.63) is 23.9 Å². The van der Waals surface area contributed by atoms with E-state index in [1.807, 2.05) is 18.2 Å². The van der Waals surface area contributed by atoms with Gasteiger partial charge in [0.05, 0.1) is 18.3 Å². The first kappa shape index (κ1) is 9.39. The quantitative estimate of drug-likeness (QED) is 0.833. The largest absolute Gasteiger partial charge is 0.497 e. The van der Waals surface area contributed by atoms with Crippen LogP contribution >= 0.6 is 0 Å². The van der Waals surface area contributed by atoms with E-state index in [-0.39, 0.29) is 0 Å². The number of fused-ring (bicyclic) bond motifs is 1. The number of rotatable bonds is 2. The van der Waals surface area contributed by atoms with Gasteiger partial charge in [0.25, 0.3) is 0 Å². The van der Waals surface area contributed by atoms with E-state index >= 15 is 0 Å². The summed E-state index contributed by atoms with van der Waals surface area (Å²) in [6.45, 7) is 0. The average molecular weight is 215 g/mol. The smallest absolute Gasteiger partial charge is 0.220 e. The van der Waals surface area contributed by atoms with Gasteiger partial charge in [-0.25, -0.2) is 9.97 Å². The highest BCUT2D eigenvalue weighted by Gasteiger charge is 2.27. The highest BCUT2D eigenvalue weighted by molar-refractivity contribution is 5.84. The van der Waals surface area contributed by atoms with Gasteiger partial charge in [-0.15, -0.1) is 0 Å². The molecule has 4 heteroatoms. The second-order valence-electron chi connectivity index (χ2n) is 4.12. The first-order valence-corrected chi connectivity index (χ1v) is 5.39. The minimum atomic E-state index is 0.350. The van der Waals surface area contributed by atoms with Gasteiger partial charge in [0.2, 0.25) is 5.95 Å². The van der Waals surface area contributed by atoms with E-state index in [9.17, 15) is 0 Å². The maximum atomic E-state index is 5.72. The summed E-state index contributed by atoms with van der Waals surface area (Å²) in [7, 11) is 1.65. The van der Waals surface area contributed by atoms with Crippen LogP contribution in [0.1, 0.15) is 24.5 Å². The lowest BCUT2D eigenvalue weighted by Gasteiger charge is -2.06. The fourth-order valence-corrected chi connectivity index (χ4v) is 1.95. The molecule has 1 aliphatic carbocycles. The molecule has 1 fully saturated rings. The molecule has 0 atom stereocenters. The van der Waals surface area contributed by atoms with Crippen molar-refractivity contribution in [1.29, 1.82) is 0 Å². The van der Waals surface area contributed by atoms with Crippen LogP contribution in [0.15, 0.2) is 18.2 Å². The standard InChI is InChI=1S/C12H13N3O/c1-16-8-4-5-9-10(6-8)14-12(13)15-11(9)7-2-3-7/h4-7H,2-3H2,1H3,(H2,13,14,15). The lowest BCUT2D eigenvalue weighted by atomic mass is 10.1. The number of benzene rings is 1. The number of ether oxygens (including phenoxy) is 1. The molecule has 1 saturated carbocycles.